The van der Waals surface area contributed by atoms with Crippen molar-refractivity contribution in [2.24, 2.45) is 0 Å². The van der Waals surface area contributed by atoms with Gasteiger partial charge in [-0.1, -0.05) is 13.8 Å². The van der Waals surface area contributed by atoms with Crippen LogP contribution in [0.4, 0.5) is 5.69 Å². The fourth-order valence-corrected chi connectivity index (χ4v) is 1.31. The summed E-state index contributed by atoms with van der Waals surface area (Å²) < 4.78 is 4.99. The zero-order valence-electron chi connectivity index (χ0n) is 9.08. The van der Waals surface area contributed by atoms with Crippen molar-refractivity contribution in [3.05, 3.63) is 18.3 Å². The monoisotopic (exact) mass is 194 g/mol. The molecule has 0 aliphatic carbocycles. The Morgan fingerprint density at radius 1 is 1.36 bits per heavy atom. The molecule has 14 heavy (non-hydrogen) atoms. The van der Waals surface area contributed by atoms with Crippen molar-refractivity contribution < 1.29 is 4.74 Å². The minimum Gasteiger partial charge on any atom is -0.481 e. The third kappa shape index (κ3) is 2.91. The van der Waals surface area contributed by atoms with E-state index in [9.17, 15) is 0 Å². The highest BCUT2D eigenvalue weighted by Crippen LogP contribution is 2.13. The Morgan fingerprint density at radius 3 is 2.50 bits per heavy atom. The van der Waals surface area contributed by atoms with Crippen LogP contribution in [0.5, 0.6) is 5.88 Å². The Bertz CT molecular complexity index is 254. The summed E-state index contributed by atoms with van der Waals surface area (Å²) in [7, 11) is 1.62. The number of rotatable bonds is 5. The van der Waals surface area contributed by atoms with Crippen molar-refractivity contribution in [1.82, 2.24) is 4.98 Å². The van der Waals surface area contributed by atoms with E-state index in [-0.39, 0.29) is 0 Å². The van der Waals surface area contributed by atoms with Crippen molar-refractivity contribution in [3.63, 3.8) is 0 Å². The maximum absolute atomic E-state index is 4.99. The lowest BCUT2D eigenvalue weighted by Crippen LogP contribution is -2.16. The second-order valence-electron chi connectivity index (χ2n) is 3.25. The van der Waals surface area contributed by atoms with E-state index in [1.165, 1.54) is 0 Å². The molecule has 0 saturated carbocycles. The van der Waals surface area contributed by atoms with E-state index >= 15 is 0 Å². The van der Waals surface area contributed by atoms with E-state index in [0.29, 0.717) is 11.9 Å². The van der Waals surface area contributed by atoms with E-state index in [2.05, 4.69) is 24.1 Å². The summed E-state index contributed by atoms with van der Waals surface area (Å²) in [5.41, 5.74) is 1.06. The minimum absolute atomic E-state index is 0.533. The van der Waals surface area contributed by atoms with Gasteiger partial charge in [0.2, 0.25) is 5.88 Å². The molecule has 0 aliphatic rings. The zero-order chi connectivity index (χ0) is 10.4. The maximum Gasteiger partial charge on any atom is 0.213 e. The predicted molar refractivity (Wildman–Crippen MR) is 58.8 cm³/mol. The van der Waals surface area contributed by atoms with Crippen LogP contribution in [0.15, 0.2) is 18.3 Å². The van der Waals surface area contributed by atoms with Crippen LogP contribution in [0.3, 0.4) is 0 Å². The number of nitrogens with one attached hydrogen (secondary N) is 1. The Morgan fingerprint density at radius 2 is 2.07 bits per heavy atom. The number of ether oxygens (including phenoxy) is 1. The lowest BCUT2D eigenvalue weighted by Gasteiger charge is -2.15. The minimum atomic E-state index is 0.533. The molecule has 0 atom stereocenters. The third-order valence-corrected chi connectivity index (χ3v) is 2.30. The van der Waals surface area contributed by atoms with Crippen molar-refractivity contribution >= 4 is 5.69 Å². The first-order valence-electron chi connectivity index (χ1n) is 5.06. The Balaban J connectivity index is 2.58. The average molecular weight is 194 g/mol. The molecule has 1 rings (SSSR count). The molecule has 3 nitrogen and oxygen atoms in total. The van der Waals surface area contributed by atoms with Gasteiger partial charge < -0.3 is 10.1 Å². The predicted octanol–water partition coefficient (Wildman–Crippen LogP) is 2.69. The average Bonchev–Trinajstić information content (AvgIpc) is 2.26. The van der Waals surface area contributed by atoms with E-state index in [1.54, 1.807) is 13.3 Å². The third-order valence-electron chi connectivity index (χ3n) is 2.30. The molecule has 1 aromatic rings. The number of methoxy groups -OCH3 is 1. The fourth-order valence-electron chi connectivity index (χ4n) is 1.31. The van der Waals surface area contributed by atoms with Crippen molar-refractivity contribution in [1.29, 1.82) is 0 Å². The number of hydrogen-bond acceptors (Lipinski definition) is 3. The highest BCUT2D eigenvalue weighted by molar-refractivity contribution is 5.42. The summed E-state index contributed by atoms with van der Waals surface area (Å²) in [6.07, 6.45) is 4.06. The summed E-state index contributed by atoms with van der Waals surface area (Å²) in [4.78, 5) is 4.13. The van der Waals surface area contributed by atoms with Crippen molar-refractivity contribution in [2.75, 3.05) is 12.4 Å². The van der Waals surface area contributed by atoms with Crippen LogP contribution in [0.25, 0.3) is 0 Å². The number of pyridine rings is 1. The van der Waals surface area contributed by atoms with Crippen LogP contribution in [-0.2, 0) is 0 Å². The molecule has 0 aromatic carbocycles. The second kappa shape index (κ2) is 5.47. The smallest absolute Gasteiger partial charge is 0.213 e. The first-order valence-corrected chi connectivity index (χ1v) is 5.06. The molecule has 0 saturated heterocycles. The van der Waals surface area contributed by atoms with Gasteiger partial charge in [0.05, 0.1) is 19.0 Å². The van der Waals surface area contributed by atoms with Crippen LogP contribution in [0.1, 0.15) is 26.7 Å². The first-order chi connectivity index (χ1) is 6.80. The number of nitrogens with zero attached hydrogens (tertiary/aromatic N) is 1. The van der Waals surface area contributed by atoms with E-state index in [0.717, 1.165) is 18.5 Å². The molecule has 0 unspecified atom stereocenters. The summed E-state index contributed by atoms with van der Waals surface area (Å²) in [5.74, 6) is 0.653. The lowest BCUT2D eigenvalue weighted by molar-refractivity contribution is 0.398. The first kappa shape index (κ1) is 10.8. The molecule has 0 fully saturated rings. The van der Waals surface area contributed by atoms with Gasteiger partial charge in [-0.25, -0.2) is 4.98 Å². The van der Waals surface area contributed by atoms with Gasteiger partial charge in [-0.05, 0) is 18.9 Å². The van der Waals surface area contributed by atoms with Crippen molar-refractivity contribution in [3.8, 4) is 5.88 Å². The quantitative estimate of drug-likeness (QED) is 0.782. The van der Waals surface area contributed by atoms with Gasteiger partial charge in [-0.15, -0.1) is 0 Å². The Kier molecular flexibility index (Phi) is 4.23. The molecule has 3 heteroatoms. The van der Waals surface area contributed by atoms with Gasteiger partial charge in [-0.3, -0.25) is 0 Å². The highest BCUT2D eigenvalue weighted by Gasteiger charge is 2.02. The van der Waals surface area contributed by atoms with Gasteiger partial charge in [0.1, 0.15) is 0 Å². The topological polar surface area (TPSA) is 34.1 Å². The molecule has 0 amide bonds. The molecular formula is C11H18N2O. The second-order valence-corrected chi connectivity index (χ2v) is 3.25. The summed E-state index contributed by atoms with van der Waals surface area (Å²) in [6, 6.07) is 4.39. The van der Waals surface area contributed by atoms with Gasteiger partial charge in [0.15, 0.2) is 0 Å². The van der Waals surface area contributed by atoms with Crippen LogP contribution in [0.2, 0.25) is 0 Å². The summed E-state index contributed by atoms with van der Waals surface area (Å²) in [6.45, 7) is 4.36. The lowest BCUT2D eigenvalue weighted by atomic mass is 10.1. The zero-order valence-corrected chi connectivity index (χ0v) is 9.08. The van der Waals surface area contributed by atoms with Crippen LogP contribution >= 0.6 is 0 Å². The maximum atomic E-state index is 4.99. The summed E-state index contributed by atoms with van der Waals surface area (Å²) in [5, 5.41) is 3.41. The molecule has 0 aliphatic heterocycles. The molecule has 1 N–H and O–H groups in total. The molecule has 78 valence electrons. The number of aromatic nitrogens is 1. The van der Waals surface area contributed by atoms with E-state index < -0.39 is 0 Å². The molecule has 0 radical (unpaired) electrons. The van der Waals surface area contributed by atoms with E-state index in [4.69, 9.17) is 4.74 Å². The standard InChI is InChI=1S/C11H18N2O/c1-4-9(5-2)13-10-6-7-11(14-3)12-8-10/h6-9,13H,4-5H2,1-3H3. The van der Waals surface area contributed by atoms with Crippen LogP contribution < -0.4 is 10.1 Å². The van der Waals surface area contributed by atoms with Crippen molar-refractivity contribution in [2.45, 2.75) is 32.7 Å². The van der Waals surface area contributed by atoms with E-state index in [1.807, 2.05) is 12.1 Å². The SMILES string of the molecule is CCC(CC)Nc1ccc(OC)nc1. The Hall–Kier alpha value is -1.25. The normalized spacial score (nSPS) is 10.3. The molecule has 0 spiro atoms. The molecule has 1 heterocycles. The summed E-state index contributed by atoms with van der Waals surface area (Å²) >= 11 is 0. The fraction of sp³-hybridized carbons (Fsp3) is 0.545. The largest absolute Gasteiger partial charge is 0.481 e. The number of hydrogen-bond donors (Lipinski definition) is 1. The van der Waals surface area contributed by atoms with Gasteiger partial charge >= 0.3 is 0 Å². The highest BCUT2D eigenvalue weighted by atomic mass is 16.5. The molecular weight excluding hydrogens is 176 g/mol. The van der Waals surface area contributed by atoms with Gasteiger partial charge in [0.25, 0.3) is 0 Å². The molecule has 0 bridgehead atoms. The van der Waals surface area contributed by atoms with Crippen LogP contribution in [0, 0.1) is 0 Å². The number of anilines is 1. The van der Waals surface area contributed by atoms with Gasteiger partial charge in [-0.2, -0.15) is 0 Å². The Labute approximate surface area is 85.5 Å². The van der Waals surface area contributed by atoms with Gasteiger partial charge in [0, 0.05) is 12.1 Å². The van der Waals surface area contributed by atoms with Crippen LogP contribution in [-0.4, -0.2) is 18.1 Å². The molecule has 1 aromatic heterocycles.